The largest absolute Gasteiger partial charge is 0.480 e. The summed E-state index contributed by atoms with van der Waals surface area (Å²) in [7, 11) is 0. The Balaban J connectivity index is 2.79. The van der Waals surface area contributed by atoms with Crippen molar-refractivity contribution in [3.63, 3.8) is 0 Å². The smallest absolute Gasteiger partial charge is 0.329 e. The normalized spacial score (nSPS) is 21.0. The number of hydrogen-bond donors (Lipinski definition) is 1. The topological polar surface area (TPSA) is 57.6 Å². The van der Waals surface area contributed by atoms with Gasteiger partial charge in [0.25, 0.3) is 0 Å². The Morgan fingerprint density at radius 3 is 2.47 bits per heavy atom. The molecule has 0 spiro atoms. The summed E-state index contributed by atoms with van der Waals surface area (Å²) in [5.41, 5.74) is -1.12. The second-order valence-electron chi connectivity index (χ2n) is 4.80. The van der Waals surface area contributed by atoms with Crippen LogP contribution in [-0.2, 0) is 9.59 Å². The molecule has 1 atom stereocenters. The minimum absolute atomic E-state index is 0.0235. The molecule has 1 heterocycles. The highest BCUT2D eigenvalue weighted by atomic mass is 32.2. The molecule has 0 aromatic heterocycles. The Labute approximate surface area is 107 Å². The van der Waals surface area contributed by atoms with E-state index in [1.165, 1.54) is 4.90 Å². The number of likely N-dealkylation sites (N-methyl/N-ethyl adjacent to an activating group) is 1. The average molecular weight is 259 g/mol. The lowest BCUT2D eigenvalue weighted by molar-refractivity contribution is -0.156. The van der Waals surface area contributed by atoms with Crippen molar-refractivity contribution in [1.29, 1.82) is 0 Å². The molecule has 0 aromatic carbocycles. The second-order valence-corrected chi connectivity index (χ2v) is 6.11. The summed E-state index contributed by atoms with van der Waals surface area (Å²) < 4.78 is 0. The van der Waals surface area contributed by atoms with Crippen molar-refractivity contribution in [1.82, 2.24) is 4.90 Å². The van der Waals surface area contributed by atoms with Crippen molar-refractivity contribution in [2.75, 3.05) is 12.3 Å². The molecule has 17 heavy (non-hydrogen) atoms. The third-order valence-electron chi connectivity index (χ3n) is 3.24. The number of carbonyl (C=O) groups excluding carboxylic acids is 1. The van der Waals surface area contributed by atoms with E-state index in [-0.39, 0.29) is 11.2 Å². The van der Waals surface area contributed by atoms with E-state index in [0.29, 0.717) is 6.54 Å². The third-order valence-corrected chi connectivity index (χ3v) is 4.60. The van der Waals surface area contributed by atoms with Crippen molar-refractivity contribution >= 4 is 23.6 Å². The lowest BCUT2D eigenvalue weighted by Gasteiger charge is -2.37. The monoisotopic (exact) mass is 259 g/mol. The van der Waals surface area contributed by atoms with E-state index in [4.69, 9.17) is 0 Å². The molecule has 1 fully saturated rings. The van der Waals surface area contributed by atoms with Gasteiger partial charge < -0.3 is 10.0 Å². The number of hydrogen-bond acceptors (Lipinski definition) is 3. The van der Waals surface area contributed by atoms with Gasteiger partial charge in [0, 0.05) is 6.54 Å². The van der Waals surface area contributed by atoms with E-state index >= 15 is 0 Å². The molecule has 1 aliphatic heterocycles. The molecule has 1 rings (SSSR count). The molecule has 0 saturated carbocycles. The highest BCUT2D eigenvalue weighted by Crippen LogP contribution is 2.28. The maximum absolute atomic E-state index is 12.3. The highest BCUT2D eigenvalue weighted by molar-refractivity contribution is 8.00. The van der Waals surface area contributed by atoms with Crippen molar-refractivity contribution in [3.8, 4) is 0 Å². The zero-order valence-corrected chi connectivity index (χ0v) is 11.5. The van der Waals surface area contributed by atoms with Crippen LogP contribution in [0, 0.1) is 0 Å². The van der Waals surface area contributed by atoms with Crippen molar-refractivity contribution in [3.05, 3.63) is 0 Å². The van der Waals surface area contributed by atoms with E-state index in [1.807, 2.05) is 6.92 Å². The SMILES string of the molecule is CCN(C(=O)C1CCCCS1)C(C)(C)C(=O)O. The van der Waals surface area contributed by atoms with Gasteiger partial charge in [-0.05, 0) is 39.4 Å². The molecule has 0 aromatic rings. The summed E-state index contributed by atoms with van der Waals surface area (Å²) in [5, 5.41) is 9.14. The van der Waals surface area contributed by atoms with Crippen molar-refractivity contribution in [2.24, 2.45) is 0 Å². The van der Waals surface area contributed by atoms with Gasteiger partial charge in [0.15, 0.2) is 0 Å². The van der Waals surface area contributed by atoms with Crippen LogP contribution in [0.2, 0.25) is 0 Å². The number of aliphatic carboxylic acids is 1. The molecule has 0 radical (unpaired) electrons. The van der Waals surface area contributed by atoms with E-state index in [2.05, 4.69) is 0 Å². The Morgan fingerprint density at radius 1 is 1.41 bits per heavy atom. The fourth-order valence-electron chi connectivity index (χ4n) is 2.05. The van der Waals surface area contributed by atoms with Gasteiger partial charge in [0.1, 0.15) is 5.54 Å². The number of carboxylic acid groups (broad SMARTS) is 1. The number of carboxylic acids is 1. The molecule has 1 amide bonds. The average Bonchev–Trinajstić information content (AvgIpc) is 2.30. The fourth-order valence-corrected chi connectivity index (χ4v) is 3.31. The van der Waals surface area contributed by atoms with Gasteiger partial charge in [-0.1, -0.05) is 6.42 Å². The van der Waals surface area contributed by atoms with E-state index in [0.717, 1.165) is 25.0 Å². The standard InChI is InChI=1S/C12H21NO3S/c1-4-13(12(2,3)11(15)16)10(14)9-7-5-6-8-17-9/h9H,4-8H2,1-3H3,(H,15,16). The zero-order valence-electron chi connectivity index (χ0n) is 10.7. The predicted molar refractivity (Wildman–Crippen MR) is 69.2 cm³/mol. The van der Waals surface area contributed by atoms with E-state index < -0.39 is 11.5 Å². The number of amides is 1. The van der Waals surface area contributed by atoms with Crippen LogP contribution in [0.15, 0.2) is 0 Å². The minimum atomic E-state index is -1.12. The summed E-state index contributed by atoms with van der Waals surface area (Å²) >= 11 is 1.66. The van der Waals surface area contributed by atoms with Crippen LogP contribution in [0.25, 0.3) is 0 Å². The Kier molecular flexibility index (Phi) is 4.86. The fraction of sp³-hybridized carbons (Fsp3) is 0.833. The molecule has 0 bridgehead atoms. The Hall–Kier alpha value is -0.710. The van der Waals surface area contributed by atoms with E-state index in [1.54, 1.807) is 25.6 Å². The summed E-state index contributed by atoms with van der Waals surface area (Å²) in [6, 6.07) is 0. The number of thioether (sulfide) groups is 1. The summed E-state index contributed by atoms with van der Waals surface area (Å²) in [6.45, 7) is 5.44. The predicted octanol–water partition coefficient (Wildman–Crippen LogP) is 1.98. The lowest BCUT2D eigenvalue weighted by Crippen LogP contribution is -2.55. The van der Waals surface area contributed by atoms with Gasteiger partial charge in [-0.3, -0.25) is 4.79 Å². The van der Waals surface area contributed by atoms with Crippen LogP contribution >= 0.6 is 11.8 Å². The second kappa shape index (κ2) is 5.76. The molecule has 1 saturated heterocycles. The highest BCUT2D eigenvalue weighted by Gasteiger charge is 2.39. The molecular weight excluding hydrogens is 238 g/mol. The number of carbonyl (C=O) groups is 2. The molecule has 0 aliphatic carbocycles. The first-order valence-electron chi connectivity index (χ1n) is 6.07. The summed E-state index contributed by atoms with van der Waals surface area (Å²) in [4.78, 5) is 25.0. The first-order chi connectivity index (χ1) is 7.91. The maximum atomic E-state index is 12.3. The van der Waals surface area contributed by atoms with E-state index in [9.17, 15) is 14.7 Å². The van der Waals surface area contributed by atoms with Crippen LogP contribution in [0.5, 0.6) is 0 Å². The molecule has 1 N–H and O–H groups in total. The van der Waals surface area contributed by atoms with Gasteiger partial charge in [-0.25, -0.2) is 4.79 Å². The maximum Gasteiger partial charge on any atom is 0.329 e. The Bertz CT molecular complexity index is 298. The van der Waals surface area contributed by atoms with Gasteiger partial charge in [0.05, 0.1) is 5.25 Å². The van der Waals surface area contributed by atoms with Gasteiger partial charge in [-0.2, -0.15) is 0 Å². The van der Waals surface area contributed by atoms with Crippen molar-refractivity contribution < 1.29 is 14.7 Å². The van der Waals surface area contributed by atoms with Crippen LogP contribution in [0.3, 0.4) is 0 Å². The lowest BCUT2D eigenvalue weighted by atomic mass is 10.0. The zero-order chi connectivity index (χ0) is 13.1. The van der Waals surface area contributed by atoms with Crippen LogP contribution < -0.4 is 0 Å². The van der Waals surface area contributed by atoms with Crippen LogP contribution in [0.1, 0.15) is 40.0 Å². The van der Waals surface area contributed by atoms with Gasteiger partial charge >= 0.3 is 5.97 Å². The molecular formula is C12H21NO3S. The molecule has 1 unspecified atom stereocenters. The number of rotatable bonds is 4. The van der Waals surface area contributed by atoms with Crippen molar-refractivity contribution in [2.45, 2.75) is 50.8 Å². The first-order valence-corrected chi connectivity index (χ1v) is 7.12. The third kappa shape index (κ3) is 3.15. The quantitative estimate of drug-likeness (QED) is 0.838. The first kappa shape index (κ1) is 14.4. The molecule has 1 aliphatic rings. The molecule has 4 nitrogen and oxygen atoms in total. The minimum Gasteiger partial charge on any atom is -0.480 e. The summed E-state index contributed by atoms with van der Waals surface area (Å²) in [6.07, 6.45) is 3.09. The number of nitrogens with zero attached hydrogens (tertiary/aromatic N) is 1. The molecule has 5 heteroatoms. The van der Waals surface area contributed by atoms with Crippen LogP contribution in [0.4, 0.5) is 0 Å². The van der Waals surface area contributed by atoms with Gasteiger partial charge in [-0.15, -0.1) is 11.8 Å². The summed E-state index contributed by atoms with van der Waals surface area (Å²) in [5.74, 6) is 0.0275. The van der Waals surface area contributed by atoms with Crippen LogP contribution in [-0.4, -0.2) is 45.0 Å². The molecule has 98 valence electrons. The Morgan fingerprint density at radius 2 is 2.06 bits per heavy atom. The van der Waals surface area contributed by atoms with Gasteiger partial charge in [0.2, 0.25) is 5.91 Å².